The van der Waals surface area contributed by atoms with E-state index in [1.54, 1.807) is 0 Å². The Labute approximate surface area is 110 Å². The molecule has 1 aromatic rings. The van der Waals surface area contributed by atoms with E-state index in [1.807, 2.05) is 0 Å². The molecule has 4 saturated carbocycles. The summed E-state index contributed by atoms with van der Waals surface area (Å²) in [4.78, 5) is 13.8. The van der Waals surface area contributed by atoms with Gasteiger partial charge >= 0.3 is 0 Å². The van der Waals surface area contributed by atoms with Gasteiger partial charge in [-0.2, -0.15) is 0 Å². The topological polar surface area (TPSA) is 98.7 Å². The summed E-state index contributed by atoms with van der Waals surface area (Å²) in [5, 5.41) is 10.7. The lowest BCUT2D eigenvalue weighted by molar-refractivity contribution is -0.141. The lowest BCUT2D eigenvalue weighted by Crippen LogP contribution is -2.53. The number of nitrogens with one attached hydrogen (secondary N) is 1. The summed E-state index contributed by atoms with van der Waals surface area (Å²) in [6.45, 7) is 0. The van der Waals surface area contributed by atoms with Crippen LogP contribution in [0.3, 0.4) is 0 Å². The van der Waals surface area contributed by atoms with Crippen LogP contribution in [0.1, 0.15) is 38.5 Å². The Hall–Kier alpha value is -1.66. The summed E-state index contributed by atoms with van der Waals surface area (Å²) >= 11 is 0. The molecule has 4 fully saturated rings. The van der Waals surface area contributed by atoms with Gasteiger partial charge in [0.05, 0.1) is 5.41 Å². The fourth-order valence-electron chi connectivity index (χ4n) is 4.88. The fourth-order valence-corrected chi connectivity index (χ4v) is 4.88. The van der Waals surface area contributed by atoms with Gasteiger partial charge in [0.1, 0.15) is 0 Å². The minimum atomic E-state index is -0.201. The van der Waals surface area contributed by atoms with Gasteiger partial charge in [0.15, 0.2) is 0 Å². The highest BCUT2D eigenvalue weighted by atomic mass is 16.2. The van der Waals surface area contributed by atoms with Gasteiger partial charge < -0.3 is 5.73 Å². The standard InChI is InChI=1S/C12H18N6O/c13-11-14-16-17-18(11)15-10(19)12-4-7-1-8(5-12)3-9(2-7)6-12/h7-9H,1-6H2,(H,15,19)(H2,13,14,17). The number of amides is 1. The molecule has 1 amide bonds. The molecule has 1 heterocycles. The van der Waals surface area contributed by atoms with Crippen LogP contribution in [0.25, 0.3) is 0 Å². The van der Waals surface area contributed by atoms with Gasteiger partial charge in [0.25, 0.3) is 5.95 Å². The van der Waals surface area contributed by atoms with Crippen molar-refractivity contribution < 1.29 is 4.79 Å². The molecule has 0 aromatic carbocycles. The SMILES string of the molecule is Nc1nnnn1NC(=O)C12CC3CC(CC(C3)C1)C2. The lowest BCUT2D eigenvalue weighted by Gasteiger charge is -2.55. The van der Waals surface area contributed by atoms with Crippen molar-refractivity contribution in [2.75, 3.05) is 11.2 Å². The van der Waals surface area contributed by atoms with Crippen LogP contribution >= 0.6 is 0 Å². The van der Waals surface area contributed by atoms with Gasteiger partial charge in [0.2, 0.25) is 5.91 Å². The van der Waals surface area contributed by atoms with E-state index < -0.39 is 0 Å². The minimum Gasteiger partial charge on any atom is -0.365 e. The number of anilines is 1. The van der Waals surface area contributed by atoms with E-state index in [4.69, 9.17) is 5.73 Å². The third-order valence-corrected chi connectivity index (χ3v) is 5.22. The molecule has 3 N–H and O–H groups in total. The number of hydrogen-bond donors (Lipinski definition) is 2. The number of carbonyl (C=O) groups is 1. The highest BCUT2D eigenvalue weighted by Gasteiger charge is 2.54. The van der Waals surface area contributed by atoms with Crippen molar-refractivity contribution >= 4 is 11.9 Å². The Morgan fingerprint density at radius 1 is 1.21 bits per heavy atom. The van der Waals surface area contributed by atoms with Crippen LogP contribution in [0.4, 0.5) is 5.95 Å². The van der Waals surface area contributed by atoms with Crippen LogP contribution in [-0.2, 0) is 4.79 Å². The van der Waals surface area contributed by atoms with E-state index in [9.17, 15) is 4.79 Å². The second-order valence-corrected chi connectivity index (χ2v) is 6.59. The van der Waals surface area contributed by atoms with E-state index in [0.717, 1.165) is 37.0 Å². The summed E-state index contributed by atoms with van der Waals surface area (Å²) in [6.07, 6.45) is 7.02. The molecule has 7 heteroatoms. The first-order valence-corrected chi connectivity index (χ1v) is 7.00. The summed E-state index contributed by atoms with van der Waals surface area (Å²) < 4.78 is 0. The van der Waals surface area contributed by atoms with E-state index in [0.29, 0.717) is 0 Å². The Kier molecular flexibility index (Phi) is 2.17. The second-order valence-electron chi connectivity index (χ2n) is 6.59. The highest BCUT2D eigenvalue weighted by Crippen LogP contribution is 2.60. The molecule has 0 atom stereocenters. The number of nitrogens with zero attached hydrogens (tertiary/aromatic N) is 4. The normalized spacial score (nSPS) is 39.5. The fraction of sp³-hybridized carbons (Fsp3) is 0.833. The molecule has 0 unspecified atom stereocenters. The summed E-state index contributed by atoms with van der Waals surface area (Å²) in [5.41, 5.74) is 8.16. The number of nitrogens with two attached hydrogens (primary N) is 1. The van der Waals surface area contributed by atoms with Crippen molar-refractivity contribution in [3.63, 3.8) is 0 Å². The maximum atomic E-state index is 12.6. The van der Waals surface area contributed by atoms with Crippen LogP contribution in [0, 0.1) is 23.2 Å². The molecule has 0 saturated heterocycles. The number of nitrogen functional groups attached to an aromatic ring is 1. The van der Waals surface area contributed by atoms with E-state index in [-0.39, 0.29) is 17.3 Å². The number of aromatic nitrogens is 4. The monoisotopic (exact) mass is 262 g/mol. The highest BCUT2D eigenvalue weighted by molar-refractivity contribution is 5.90. The lowest BCUT2D eigenvalue weighted by atomic mass is 9.49. The average molecular weight is 262 g/mol. The number of rotatable bonds is 2. The molecule has 4 aliphatic carbocycles. The van der Waals surface area contributed by atoms with Gasteiger partial charge in [-0.1, -0.05) is 5.10 Å². The van der Waals surface area contributed by atoms with Crippen LogP contribution in [-0.4, -0.2) is 26.2 Å². The van der Waals surface area contributed by atoms with Gasteiger partial charge in [-0.25, -0.2) is 5.43 Å². The Balaban J connectivity index is 1.58. The molecule has 0 spiro atoms. The molecule has 0 radical (unpaired) electrons. The van der Waals surface area contributed by atoms with Crippen molar-refractivity contribution in [1.82, 2.24) is 20.3 Å². The minimum absolute atomic E-state index is 0.0469. The van der Waals surface area contributed by atoms with Crippen molar-refractivity contribution in [1.29, 1.82) is 0 Å². The number of tetrazole rings is 1. The zero-order chi connectivity index (χ0) is 13.0. The van der Waals surface area contributed by atoms with Crippen molar-refractivity contribution in [2.24, 2.45) is 23.2 Å². The van der Waals surface area contributed by atoms with Crippen LogP contribution in [0.15, 0.2) is 0 Å². The first kappa shape index (κ1) is 11.2. The zero-order valence-electron chi connectivity index (χ0n) is 10.7. The van der Waals surface area contributed by atoms with Crippen LogP contribution in [0.2, 0.25) is 0 Å². The quantitative estimate of drug-likeness (QED) is 0.810. The zero-order valence-corrected chi connectivity index (χ0v) is 10.7. The first-order chi connectivity index (χ1) is 9.14. The Bertz CT molecular complexity index is 489. The molecule has 4 aliphatic rings. The molecule has 7 nitrogen and oxygen atoms in total. The van der Waals surface area contributed by atoms with Crippen LogP contribution < -0.4 is 11.2 Å². The van der Waals surface area contributed by atoms with Crippen molar-refractivity contribution in [2.45, 2.75) is 38.5 Å². The molecule has 1 aromatic heterocycles. The van der Waals surface area contributed by atoms with Crippen molar-refractivity contribution in [3.05, 3.63) is 0 Å². The van der Waals surface area contributed by atoms with E-state index >= 15 is 0 Å². The molecule has 5 rings (SSSR count). The van der Waals surface area contributed by atoms with E-state index in [2.05, 4.69) is 21.0 Å². The van der Waals surface area contributed by atoms with Gasteiger partial charge in [-0.3, -0.25) is 4.79 Å². The summed E-state index contributed by atoms with van der Waals surface area (Å²) in [6, 6.07) is 0. The maximum Gasteiger partial charge on any atom is 0.260 e. The third-order valence-electron chi connectivity index (χ3n) is 5.22. The molecule has 19 heavy (non-hydrogen) atoms. The number of hydrogen-bond acceptors (Lipinski definition) is 5. The second kappa shape index (κ2) is 3.68. The van der Waals surface area contributed by atoms with Gasteiger partial charge in [-0.15, -0.1) is 4.79 Å². The van der Waals surface area contributed by atoms with Gasteiger partial charge in [-0.05, 0) is 66.7 Å². The smallest absolute Gasteiger partial charge is 0.260 e. The Morgan fingerprint density at radius 2 is 1.79 bits per heavy atom. The molecular formula is C12H18N6O. The Morgan fingerprint density at radius 3 is 2.26 bits per heavy atom. The van der Waals surface area contributed by atoms with Crippen LogP contribution in [0.5, 0.6) is 0 Å². The molecule has 0 aliphatic heterocycles. The maximum absolute atomic E-state index is 12.6. The summed E-state index contributed by atoms with van der Waals surface area (Å²) in [5.74, 6) is 2.39. The first-order valence-electron chi connectivity index (χ1n) is 7.00. The molecule has 102 valence electrons. The molecular weight excluding hydrogens is 244 g/mol. The predicted octanol–water partition coefficient (Wildman–Crippen LogP) is 0.542. The summed E-state index contributed by atoms with van der Waals surface area (Å²) in [7, 11) is 0. The molecule has 4 bridgehead atoms. The van der Waals surface area contributed by atoms with Gasteiger partial charge in [0, 0.05) is 0 Å². The van der Waals surface area contributed by atoms with E-state index in [1.165, 1.54) is 24.1 Å². The number of carbonyl (C=O) groups excluding carboxylic acids is 1. The largest absolute Gasteiger partial charge is 0.365 e. The van der Waals surface area contributed by atoms with Crippen molar-refractivity contribution in [3.8, 4) is 0 Å². The predicted molar refractivity (Wildman–Crippen MR) is 67.2 cm³/mol. The third kappa shape index (κ3) is 1.63. The average Bonchev–Trinajstić information content (AvgIpc) is 2.73.